The summed E-state index contributed by atoms with van der Waals surface area (Å²) in [6.07, 6.45) is 0. The van der Waals surface area contributed by atoms with Gasteiger partial charge in [0.25, 0.3) is 5.91 Å². The Bertz CT molecular complexity index is 423. The van der Waals surface area contributed by atoms with Crippen LogP contribution in [0, 0.1) is 0 Å². The molecule has 0 bridgehead atoms. The summed E-state index contributed by atoms with van der Waals surface area (Å²) in [5, 5.41) is 0.555. The van der Waals surface area contributed by atoms with E-state index >= 15 is 0 Å². The first-order chi connectivity index (χ1) is 7.99. The largest absolute Gasteiger partial charge is 0.339 e. The Labute approximate surface area is 109 Å². The van der Waals surface area contributed by atoms with Gasteiger partial charge in [-0.25, -0.2) is 0 Å². The molecule has 2 nitrogen and oxygen atoms in total. The lowest BCUT2D eigenvalue weighted by Gasteiger charge is -2.35. The average molecular weight is 268 g/mol. The van der Waals surface area contributed by atoms with Crippen LogP contribution in [-0.2, 0) is 0 Å². The zero-order valence-electron chi connectivity index (χ0n) is 10.4. The number of amides is 1. The van der Waals surface area contributed by atoms with Gasteiger partial charge in [-0.05, 0) is 24.2 Å². The minimum Gasteiger partial charge on any atom is -0.339 e. The lowest BCUT2D eigenvalue weighted by Crippen LogP contribution is -2.45. The van der Waals surface area contributed by atoms with Crippen molar-refractivity contribution in [1.82, 2.24) is 4.90 Å². The fourth-order valence-corrected chi connectivity index (χ4v) is 4.34. The number of nitrogens with zero attached hydrogens (tertiary/aromatic N) is 1. The van der Waals surface area contributed by atoms with Crippen LogP contribution in [0.4, 0.5) is 0 Å². The molecule has 1 saturated heterocycles. The van der Waals surface area contributed by atoms with E-state index in [-0.39, 0.29) is 5.91 Å². The Hall–Kier alpha value is -0.803. The van der Waals surface area contributed by atoms with Crippen molar-refractivity contribution in [2.24, 2.45) is 0 Å². The summed E-state index contributed by atoms with van der Waals surface area (Å²) >= 11 is 6.06. The Morgan fingerprint density at radius 2 is 1.82 bits per heavy atom. The van der Waals surface area contributed by atoms with Crippen LogP contribution in [0.1, 0.15) is 10.4 Å². The van der Waals surface area contributed by atoms with Gasteiger partial charge in [-0.3, -0.25) is 4.79 Å². The van der Waals surface area contributed by atoms with E-state index in [1.54, 1.807) is 6.07 Å². The predicted molar refractivity (Wildman–Crippen MR) is 74.5 cm³/mol. The van der Waals surface area contributed by atoms with Crippen LogP contribution in [0.5, 0.6) is 0 Å². The molecule has 0 spiro atoms. The summed E-state index contributed by atoms with van der Waals surface area (Å²) in [5.41, 5.74) is 0.635. The van der Waals surface area contributed by atoms with Gasteiger partial charge in [0.05, 0.1) is 18.7 Å². The minimum absolute atomic E-state index is 0.0834. The molecule has 0 aromatic heterocycles. The fraction of sp³-hybridized carbons (Fsp3) is 0.462. The number of hydrogen-bond acceptors (Lipinski definition) is 1. The second-order valence-electron chi connectivity index (χ2n) is 5.44. The number of benzene rings is 1. The SMILES string of the molecule is C[Si]1(C)CCN(C(=O)c2ccccc2Cl)CC1. The van der Waals surface area contributed by atoms with E-state index in [0.717, 1.165) is 13.1 Å². The quantitative estimate of drug-likeness (QED) is 0.713. The Balaban J connectivity index is 2.10. The van der Waals surface area contributed by atoms with E-state index in [1.807, 2.05) is 23.1 Å². The van der Waals surface area contributed by atoms with Crippen LogP contribution in [-0.4, -0.2) is 32.0 Å². The maximum absolute atomic E-state index is 12.3. The van der Waals surface area contributed by atoms with Crippen molar-refractivity contribution in [3.05, 3.63) is 34.9 Å². The zero-order valence-corrected chi connectivity index (χ0v) is 12.1. The number of rotatable bonds is 1. The van der Waals surface area contributed by atoms with Crippen molar-refractivity contribution in [3.63, 3.8) is 0 Å². The molecule has 0 saturated carbocycles. The van der Waals surface area contributed by atoms with Gasteiger partial charge in [-0.1, -0.05) is 36.8 Å². The molecule has 1 aromatic rings. The predicted octanol–water partition coefficient (Wildman–Crippen LogP) is 3.50. The molecule has 2 rings (SSSR count). The maximum atomic E-state index is 12.3. The van der Waals surface area contributed by atoms with E-state index in [9.17, 15) is 4.79 Å². The van der Waals surface area contributed by atoms with Crippen LogP contribution in [0.15, 0.2) is 24.3 Å². The molecule has 1 aliphatic rings. The number of hydrogen-bond donors (Lipinski definition) is 0. The molecule has 0 aliphatic carbocycles. The highest BCUT2D eigenvalue weighted by atomic mass is 35.5. The highest BCUT2D eigenvalue weighted by Crippen LogP contribution is 2.24. The van der Waals surface area contributed by atoms with E-state index in [0.29, 0.717) is 10.6 Å². The molecule has 1 aliphatic heterocycles. The van der Waals surface area contributed by atoms with Crippen molar-refractivity contribution in [2.45, 2.75) is 25.2 Å². The molecule has 0 unspecified atom stereocenters. The van der Waals surface area contributed by atoms with Crippen molar-refractivity contribution >= 4 is 25.6 Å². The first kappa shape index (κ1) is 12.6. The fourth-order valence-electron chi connectivity index (χ4n) is 2.12. The lowest BCUT2D eigenvalue weighted by molar-refractivity contribution is 0.0765. The third kappa shape index (κ3) is 2.90. The van der Waals surface area contributed by atoms with Crippen LogP contribution < -0.4 is 0 Å². The van der Waals surface area contributed by atoms with Crippen molar-refractivity contribution in [2.75, 3.05) is 13.1 Å². The summed E-state index contributed by atoms with van der Waals surface area (Å²) < 4.78 is 0. The van der Waals surface area contributed by atoms with E-state index < -0.39 is 8.07 Å². The smallest absolute Gasteiger partial charge is 0.255 e. The summed E-state index contributed by atoms with van der Waals surface area (Å²) in [6.45, 7) is 6.57. The molecule has 4 heteroatoms. The van der Waals surface area contributed by atoms with Gasteiger partial charge in [0, 0.05) is 13.1 Å². The topological polar surface area (TPSA) is 20.3 Å². The molecule has 0 N–H and O–H groups in total. The summed E-state index contributed by atoms with van der Waals surface area (Å²) in [4.78, 5) is 14.2. The highest BCUT2D eigenvalue weighted by molar-refractivity contribution is 6.77. The van der Waals surface area contributed by atoms with Gasteiger partial charge in [0.15, 0.2) is 0 Å². The number of halogens is 1. The number of carbonyl (C=O) groups excluding carboxylic acids is 1. The Kier molecular flexibility index (Phi) is 3.59. The van der Waals surface area contributed by atoms with Crippen LogP contribution in [0.3, 0.4) is 0 Å². The van der Waals surface area contributed by atoms with E-state index in [4.69, 9.17) is 11.6 Å². The molecule has 1 heterocycles. The molecule has 0 radical (unpaired) electrons. The van der Waals surface area contributed by atoms with Crippen molar-refractivity contribution in [1.29, 1.82) is 0 Å². The van der Waals surface area contributed by atoms with Crippen molar-refractivity contribution in [3.8, 4) is 0 Å². The van der Waals surface area contributed by atoms with Gasteiger partial charge in [-0.2, -0.15) is 0 Å². The standard InChI is InChI=1S/C13H18ClNOSi/c1-17(2)9-7-15(8-10-17)13(16)11-5-3-4-6-12(11)14/h3-6H,7-10H2,1-2H3. The molecule has 0 atom stereocenters. The number of carbonyl (C=O) groups is 1. The Morgan fingerprint density at radius 1 is 1.24 bits per heavy atom. The van der Waals surface area contributed by atoms with E-state index in [2.05, 4.69) is 13.1 Å². The molecular formula is C13H18ClNOSi. The summed E-state index contributed by atoms with van der Waals surface area (Å²) in [5.74, 6) is 0.0834. The third-order valence-corrected chi connectivity index (χ3v) is 6.99. The maximum Gasteiger partial charge on any atom is 0.255 e. The molecule has 17 heavy (non-hydrogen) atoms. The summed E-state index contributed by atoms with van der Waals surface area (Å²) in [6, 6.07) is 9.69. The monoisotopic (exact) mass is 267 g/mol. The Morgan fingerprint density at radius 3 is 2.41 bits per heavy atom. The second-order valence-corrected chi connectivity index (χ2v) is 11.2. The summed E-state index contributed by atoms with van der Waals surface area (Å²) in [7, 11) is -1.02. The van der Waals surface area contributed by atoms with Gasteiger partial charge in [0.1, 0.15) is 0 Å². The van der Waals surface area contributed by atoms with Crippen LogP contribution in [0.2, 0.25) is 30.2 Å². The minimum atomic E-state index is -1.02. The first-order valence-corrected chi connectivity index (χ1v) is 9.83. The highest BCUT2D eigenvalue weighted by Gasteiger charge is 2.30. The molecule has 92 valence electrons. The lowest BCUT2D eigenvalue weighted by atomic mass is 10.2. The molecule has 1 fully saturated rings. The molecule has 1 aromatic carbocycles. The van der Waals surface area contributed by atoms with Gasteiger partial charge >= 0.3 is 0 Å². The average Bonchev–Trinajstić information content (AvgIpc) is 2.29. The van der Waals surface area contributed by atoms with Crippen molar-refractivity contribution < 1.29 is 4.79 Å². The second kappa shape index (κ2) is 4.82. The zero-order chi connectivity index (χ0) is 12.5. The van der Waals surface area contributed by atoms with Gasteiger partial charge in [-0.15, -0.1) is 0 Å². The first-order valence-electron chi connectivity index (χ1n) is 6.03. The van der Waals surface area contributed by atoms with Gasteiger partial charge < -0.3 is 4.90 Å². The van der Waals surface area contributed by atoms with Crippen LogP contribution >= 0.6 is 11.6 Å². The van der Waals surface area contributed by atoms with Gasteiger partial charge in [0.2, 0.25) is 0 Å². The molecule has 1 amide bonds. The van der Waals surface area contributed by atoms with E-state index in [1.165, 1.54) is 12.1 Å². The normalized spacial score (nSPS) is 19.1. The third-order valence-electron chi connectivity index (χ3n) is 3.51. The molecular weight excluding hydrogens is 250 g/mol. The van der Waals surface area contributed by atoms with Crippen LogP contribution in [0.25, 0.3) is 0 Å².